The van der Waals surface area contributed by atoms with Gasteiger partial charge >= 0.3 is 29.8 Å². The molecular formula is C42H75N3O10. The molecule has 0 aromatic heterocycles. The van der Waals surface area contributed by atoms with Crippen LogP contribution in [0.1, 0.15) is 155 Å². The number of rotatable bonds is 14. The summed E-state index contributed by atoms with van der Waals surface area (Å²) < 4.78 is 28.9. The first-order valence-corrected chi connectivity index (χ1v) is 20.2. The van der Waals surface area contributed by atoms with E-state index < -0.39 is 57.9 Å². The van der Waals surface area contributed by atoms with Crippen LogP contribution in [0.15, 0.2) is 0 Å². The summed E-state index contributed by atoms with van der Waals surface area (Å²) in [5.41, 5.74) is -3.66. The zero-order chi connectivity index (χ0) is 42.2. The molecule has 2 saturated carbocycles. The van der Waals surface area contributed by atoms with Crippen molar-refractivity contribution in [2.75, 3.05) is 32.7 Å². The predicted octanol–water partition coefficient (Wildman–Crippen LogP) is 6.22. The van der Waals surface area contributed by atoms with E-state index in [2.05, 4.69) is 4.90 Å². The second-order valence-corrected chi connectivity index (χ2v) is 20.3. The Morgan fingerprint density at radius 2 is 0.564 bits per heavy atom. The van der Waals surface area contributed by atoms with E-state index in [1.807, 2.05) is 30.6 Å². The van der Waals surface area contributed by atoms with Crippen LogP contribution in [-0.4, -0.2) is 129 Å². The summed E-state index contributed by atoms with van der Waals surface area (Å²) in [5.74, 6) is -2.25. The molecule has 0 heterocycles. The Balaban J connectivity index is 2.71. The van der Waals surface area contributed by atoms with Crippen LogP contribution in [0.4, 0.5) is 0 Å². The van der Waals surface area contributed by atoms with Crippen LogP contribution in [0.5, 0.6) is 0 Å². The molecule has 318 valence electrons. The Morgan fingerprint density at radius 3 is 0.782 bits per heavy atom. The molecule has 0 aromatic carbocycles. The first-order chi connectivity index (χ1) is 24.9. The van der Waals surface area contributed by atoms with Gasteiger partial charge in [-0.1, -0.05) is 25.7 Å². The lowest BCUT2D eigenvalue weighted by atomic mass is 9.82. The highest BCUT2D eigenvalue weighted by molar-refractivity contribution is 5.76. The molecule has 0 aliphatic heterocycles. The average molecular weight is 782 g/mol. The Kier molecular flexibility index (Phi) is 17.2. The quantitative estimate of drug-likeness (QED) is 0.146. The van der Waals surface area contributed by atoms with E-state index >= 15 is 0 Å². The topological polar surface area (TPSA) is 141 Å². The van der Waals surface area contributed by atoms with Crippen LogP contribution >= 0.6 is 0 Å². The third kappa shape index (κ3) is 19.3. The SMILES string of the molecule is CC(C)(C)OC(=O)CN(CC(=O)OC(C)(C)C)[C@H]1CCCC[C@@H]1N(CC(=O)OC(C)(C)C)[C@H]1CCCC[C@@H]1N(CC(=O)OC(C)(C)C)CC(=O)OC(C)(C)C. The first-order valence-electron chi connectivity index (χ1n) is 20.2. The molecule has 4 atom stereocenters. The smallest absolute Gasteiger partial charge is 0.320 e. The molecule has 0 unspecified atom stereocenters. The van der Waals surface area contributed by atoms with Gasteiger partial charge in [-0.3, -0.25) is 38.7 Å². The second kappa shape index (κ2) is 19.6. The number of carbonyl (C=O) groups excluding carboxylic acids is 5. The van der Waals surface area contributed by atoms with Gasteiger partial charge in [-0.05, 0) is 130 Å². The Labute approximate surface area is 331 Å². The molecule has 0 aromatic rings. The lowest BCUT2D eigenvalue weighted by molar-refractivity contribution is -0.166. The minimum Gasteiger partial charge on any atom is -0.459 e. The number of carbonyl (C=O) groups is 5. The maximum absolute atomic E-state index is 13.9. The largest absolute Gasteiger partial charge is 0.459 e. The molecule has 0 saturated heterocycles. The fourth-order valence-electron chi connectivity index (χ4n) is 7.55. The lowest BCUT2D eigenvalue weighted by Gasteiger charge is -2.51. The second-order valence-electron chi connectivity index (χ2n) is 20.3. The number of esters is 5. The number of hydrogen-bond acceptors (Lipinski definition) is 13. The lowest BCUT2D eigenvalue weighted by Crippen LogP contribution is -2.64. The molecule has 13 nitrogen and oxygen atoms in total. The van der Waals surface area contributed by atoms with Gasteiger partial charge in [-0.2, -0.15) is 0 Å². The van der Waals surface area contributed by atoms with Crippen molar-refractivity contribution in [1.82, 2.24) is 14.7 Å². The summed E-state index contributed by atoms with van der Waals surface area (Å²) in [6.07, 6.45) is 6.17. The van der Waals surface area contributed by atoms with Crippen molar-refractivity contribution in [2.45, 2.75) is 207 Å². The number of ether oxygens (including phenoxy) is 5. The van der Waals surface area contributed by atoms with E-state index in [9.17, 15) is 24.0 Å². The van der Waals surface area contributed by atoms with Crippen LogP contribution in [0, 0.1) is 0 Å². The molecule has 0 amide bonds. The van der Waals surface area contributed by atoms with Crippen LogP contribution in [0.3, 0.4) is 0 Å². The van der Waals surface area contributed by atoms with Crippen molar-refractivity contribution in [2.24, 2.45) is 0 Å². The molecule has 13 heteroatoms. The third-order valence-corrected chi connectivity index (χ3v) is 8.92. The van der Waals surface area contributed by atoms with E-state index in [4.69, 9.17) is 23.7 Å². The monoisotopic (exact) mass is 782 g/mol. The van der Waals surface area contributed by atoms with Gasteiger partial charge in [0.1, 0.15) is 28.0 Å². The highest BCUT2D eigenvalue weighted by Gasteiger charge is 2.45. The molecule has 0 radical (unpaired) electrons. The van der Waals surface area contributed by atoms with Crippen LogP contribution in [-0.2, 0) is 47.7 Å². The third-order valence-electron chi connectivity index (χ3n) is 8.92. The van der Waals surface area contributed by atoms with Crippen molar-refractivity contribution < 1.29 is 47.7 Å². The van der Waals surface area contributed by atoms with E-state index in [1.54, 1.807) is 83.1 Å². The summed E-state index contributed by atoms with van der Waals surface area (Å²) >= 11 is 0. The van der Waals surface area contributed by atoms with Crippen molar-refractivity contribution >= 4 is 29.8 Å². The highest BCUT2D eigenvalue weighted by atomic mass is 16.6. The molecule has 0 N–H and O–H groups in total. The standard InChI is InChI=1S/C42H75N3O10/c1-38(2,3)51-33(46)24-43(25-34(47)52-39(4,5)6)29-20-16-18-22-31(29)45(28-37(50)55-42(13,14)15)32-23-19-17-21-30(32)44(26-35(48)53-40(7,8)9)27-36(49)54-41(10,11)12/h29-32H,16-28H2,1-15H3/t29-,30-,31-,32-/m0/s1. The molecule has 2 aliphatic rings. The summed E-state index contributed by atoms with van der Waals surface area (Å²) in [5, 5.41) is 0. The van der Waals surface area contributed by atoms with E-state index in [1.165, 1.54) is 0 Å². The molecule has 2 fully saturated rings. The maximum atomic E-state index is 13.9. The molecule has 2 aliphatic carbocycles. The van der Waals surface area contributed by atoms with Gasteiger partial charge in [-0.25, -0.2) is 0 Å². The van der Waals surface area contributed by atoms with Gasteiger partial charge in [0.25, 0.3) is 0 Å². The minimum atomic E-state index is -0.736. The summed E-state index contributed by atoms with van der Waals surface area (Å²) in [6.45, 7) is 26.5. The van der Waals surface area contributed by atoms with Crippen LogP contribution in [0.25, 0.3) is 0 Å². The van der Waals surface area contributed by atoms with E-state index in [0.29, 0.717) is 25.7 Å². The van der Waals surface area contributed by atoms with Gasteiger partial charge < -0.3 is 23.7 Å². The summed E-state index contributed by atoms with van der Waals surface area (Å²) in [4.78, 5) is 73.5. The summed E-state index contributed by atoms with van der Waals surface area (Å²) in [6, 6.07) is -1.24. The van der Waals surface area contributed by atoms with Crippen LogP contribution < -0.4 is 0 Å². The zero-order valence-corrected chi connectivity index (χ0v) is 36.9. The molecular weight excluding hydrogens is 706 g/mol. The maximum Gasteiger partial charge on any atom is 0.320 e. The van der Waals surface area contributed by atoms with E-state index in [-0.39, 0.29) is 56.9 Å². The first kappa shape index (κ1) is 48.4. The normalized spacial score (nSPS) is 21.6. The summed E-state index contributed by atoms with van der Waals surface area (Å²) in [7, 11) is 0. The predicted molar refractivity (Wildman–Crippen MR) is 211 cm³/mol. The Bertz CT molecular complexity index is 1150. The van der Waals surface area contributed by atoms with Gasteiger partial charge in [0, 0.05) is 24.2 Å². The average Bonchev–Trinajstić information content (AvgIpc) is 2.94. The van der Waals surface area contributed by atoms with Gasteiger partial charge in [-0.15, -0.1) is 0 Å². The fraction of sp³-hybridized carbons (Fsp3) is 0.881. The highest BCUT2D eigenvalue weighted by Crippen LogP contribution is 2.35. The van der Waals surface area contributed by atoms with Gasteiger partial charge in [0.05, 0.1) is 32.7 Å². The van der Waals surface area contributed by atoms with E-state index in [0.717, 1.165) is 25.7 Å². The van der Waals surface area contributed by atoms with Crippen molar-refractivity contribution in [1.29, 1.82) is 0 Å². The van der Waals surface area contributed by atoms with Crippen LogP contribution in [0.2, 0.25) is 0 Å². The van der Waals surface area contributed by atoms with Gasteiger partial charge in [0.2, 0.25) is 0 Å². The van der Waals surface area contributed by atoms with Gasteiger partial charge in [0.15, 0.2) is 0 Å². The Morgan fingerprint density at radius 1 is 0.364 bits per heavy atom. The minimum absolute atomic E-state index is 0.0565. The Hall–Kier alpha value is -2.77. The number of nitrogens with zero attached hydrogens (tertiary/aromatic N) is 3. The number of hydrogen-bond donors (Lipinski definition) is 0. The molecule has 55 heavy (non-hydrogen) atoms. The molecule has 0 spiro atoms. The molecule has 2 rings (SSSR count). The zero-order valence-electron chi connectivity index (χ0n) is 36.9. The van der Waals surface area contributed by atoms with Crippen molar-refractivity contribution in [3.8, 4) is 0 Å². The molecule has 0 bridgehead atoms. The van der Waals surface area contributed by atoms with Crippen molar-refractivity contribution in [3.63, 3.8) is 0 Å². The fourth-order valence-corrected chi connectivity index (χ4v) is 7.55. The van der Waals surface area contributed by atoms with Crippen molar-refractivity contribution in [3.05, 3.63) is 0 Å².